The van der Waals surface area contributed by atoms with E-state index in [0.717, 1.165) is 22.6 Å². The molecular formula is C17H13ClFN3. The fourth-order valence-corrected chi connectivity index (χ4v) is 3.19. The number of benzene rings is 2. The summed E-state index contributed by atoms with van der Waals surface area (Å²) in [6.07, 6.45) is -0.465. The Morgan fingerprint density at radius 2 is 2.00 bits per heavy atom. The van der Waals surface area contributed by atoms with Crippen LogP contribution in [0.25, 0.3) is 11.3 Å². The third-order valence-electron chi connectivity index (χ3n) is 3.87. The number of para-hydroxylation sites is 1. The van der Waals surface area contributed by atoms with Crippen molar-refractivity contribution in [3.63, 3.8) is 0 Å². The smallest absolute Gasteiger partial charge is 0.151 e. The molecule has 1 aliphatic rings. The molecule has 4 rings (SSSR count). The lowest BCUT2D eigenvalue weighted by atomic mass is 10.0. The fourth-order valence-electron chi connectivity index (χ4n) is 2.92. The normalized spacial score (nSPS) is 15.9. The lowest BCUT2D eigenvalue weighted by Gasteiger charge is -2.29. The van der Waals surface area contributed by atoms with Gasteiger partial charge in [0.15, 0.2) is 6.17 Å². The second-order valence-electron chi connectivity index (χ2n) is 5.34. The Balaban J connectivity index is 1.97. The van der Waals surface area contributed by atoms with Gasteiger partial charge in [0.25, 0.3) is 0 Å². The van der Waals surface area contributed by atoms with Gasteiger partial charge in [0, 0.05) is 11.3 Å². The molecule has 0 saturated heterocycles. The Morgan fingerprint density at radius 3 is 2.82 bits per heavy atom. The van der Waals surface area contributed by atoms with Crippen LogP contribution in [-0.4, -0.2) is 9.78 Å². The Labute approximate surface area is 132 Å². The quantitative estimate of drug-likeness (QED) is 0.710. The van der Waals surface area contributed by atoms with Crippen LogP contribution in [-0.2, 0) is 0 Å². The third-order valence-corrected chi connectivity index (χ3v) is 4.20. The predicted molar refractivity (Wildman–Crippen MR) is 85.6 cm³/mol. The first-order valence-corrected chi connectivity index (χ1v) is 7.39. The van der Waals surface area contributed by atoms with Crippen molar-refractivity contribution < 1.29 is 4.39 Å². The molecule has 110 valence electrons. The van der Waals surface area contributed by atoms with Crippen molar-refractivity contribution >= 4 is 17.3 Å². The van der Waals surface area contributed by atoms with Crippen LogP contribution in [0, 0.1) is 12.7 Å². The third kappa shape index (κ3) is 1.91. The van der Waals surface area contributed by atoms with Gasteiger partial charge < -0.3 is 5.32 Å². The zero-order valence-corrected chi connectivity index (χ0v) is 12.6. The number of fused-ring (bicyclic) bond motifs is 3. The van der Waals surface area contributed by atoms with Gasteiger partial charge in [-0.15, -0.1) is 0 Å². The molecule has 1 atom stereocenters. The van der Waals surface area contributed by atoms with E-state index in [9.17, 15) is 4.39 Å². The van der Waals surface area contributed by atoms with Crippen LogP contribution in [0.15, 0.2) is 48.5 Å². The minimum absolute atomic E-state index is 0.344. The van der Waals surface area contributed by atoms with Crippen molar-refractivity contribution in [2.75, 3.05) is 5.32 Å². The fraction of sp³-hybridized carbons (Fsp3) is 0.118. The molecule has 1 N–H and O–H groups in total. The lowest BCUT2D eigenvalue weighted by molar-refractivity contribution is 0.527. The number of aryl methyl sites for hydroxylation is 1. The number of hydrogen-bond donors (Lipinski definition) is 1. The lowest BCUT2D eigenvalue weighted by Crippen LogP contribution is -2.26. The summed E-state index contributed by atoms with van der Waals surface area (Å²) in [6.45, 7) is 1.92. The summed E-state index contributed by atoms with van der Waals surface area (Å²) in [7, 11) is 0. The first kappa shape index (κ1) is 13.3. The summed E-state index contributed by atoms with van der Waals surface area (Å²) >= 11 is 6.24. The summed E-state index contributed by atoms with van der Waals surface area (Å²) in [5.41, 5.74) is 4.23. The van der Waals surface area contributed by atoms with Crippen molar-refractivity contribution in [2.24, 2.45) is 0 Å². The van der Waals surface area contributed by atoms with Crippen molar-refractivity contribution in [1.29, 1.82) is 0 Å². The van der Waals surface area contributed by atoms with E-state index in [1.807, 2.05) is 37.3 Å². The summed E-state index contributed by atoms with van der Waals surface area (Å²) in [4.78, 5) is 0. The molecule has 2 heterocycles. The van der Waals surface area contributed by atoms with Crippen molar-refractivity contribution in [3.8, 4) is 11.3 Å². The monoisotopic (exact) mass is 313 g/mol. The summed E-state index contributed by atoms with van der Waals surface area (Å²) in [6, 6.07) is 14.6. The van der Waals surface area contributed by atoms with Gasteiger partial charge in [-0.1, -0.05) is 35.9 Å². The van der Waals surface area contributed by atoms with Gasteiger partial charge in [-0.2, -0.15) is 5.10 Å². The molecule has 0 saturated carbocycles. The van der Waals surface area contributed by atoms with Crippen molar-refractivity contribution in [3.05, 3.63) is 70.6 Å². The van der Waals surface area contributed by atoms with E-state index >= 15 is 0 Å². The van der Waals surface area contributed by atoms with Gasteiger partial charge in [-0.25, -0.2) is 9.07 Å². The van der Waals surface area contributed by atoms with Crippen LogP contribution in [0.2, 0.25) is 5.02 Å². The molecule has 3 nitrogen and oxygen atoms in total. The van der Waals surface area contributed by atoms with E-state index in [1.165, 1.54) is 6.07 Å². The maximum Gasteiger partial charge on any atom is 0.151 e. The van der Waals surface area contributed by atoms with Crippen LogP contribution in [0.4, 0.5) is 10.1 Å². The average Bonchev–Trinajstić information content (AvgIpc) is 2.89. The summed E-state index contributed by atoms with van der Waals surface area (Å²) < 4.78 is 16.1. The number of anilines is 1. The molecule has 2 aromatic carbocycles. The number of rotatable bonds is 1. The molecule has 0 radical (unpaired) electrons. The number of nitrogens with one attached hydrogen (secondary N) is 1. The Bertz CT molecular complexity index is 852. The molecule has 0 bridgehead atoms. The number of halogens is 2. The Hall–Kier alpha value is -2.33. The standard InChI is InChI=1S/C17H13ClFN3/c1-10-9-15-11-5-2-3-8-14(11)20-17(22(15)21-10)16-12(18)6-4-7-13(16)19/h2-9,17,20H,1H3/t17-/m1/s1. The predicted octanol–water partition coefficient (Wildman–Crippen LogP) is 4.62. The molecule has 1 aliphatic heterocycles. The van der Waals surface area contributed by atoms with E-state index in [4.69, 9.17) is 11.6 Å². The SMILES string of the molecule is Cc1cc2n(n1)[C@H](c1c(F)cccc1Cl)Nc1ccccc1-2. The number of aromatic nitrogens is 2. The van der Waals surface area contributed by atoms with E-state index in [2.05, 4.69) is 10.4 Å². The molecule has 5 heteroatoms. The van der Waals surface area contributed by atoms with Crippen LogP contribution >= 0.6 is 11.6 Å². The van der Waals surface area contributed by atoms with Crippen molar-refractivity contribution in [1.82, 2.24) is 9.78 Å². The maximum absolute atomic E-state index is 14.3. The molecule has 0 spiro atoms. The second kappa shape index (κ2) is 4.85. The molecule has 0 aliphatic carbocycles. The van der Waals surface area contributed by atoms with Crippen LogP contribution in [0.3, 0.4) is 0 Å². The van der Waals surface area contributed by atoms with Crippen LogP contribution in [0.1, 0.15) is 17.4 Å². The van der Waals surface area contributed by atoms with E-state index in [0.29, 0.717) is 10.6 Å². The van der Waals surface area contributed by atoms with Crippen LogP contribution < -0.4 is 5.32 Å². The van der Waals surface area contributed by atoms with Gasteiger partial charge >= 0.3 is 0 Å². The van der Waals surface area contributed by atoms with Gasteiger partial charge in [0.05, 0.1) is 22.0 Å². The van der Waals surface area contributed by atoms with Gasteiger partial charge in [-0.3, -0.25) is 0 Å². The Kier molecular flexibility index (Phi) is 2.94. The minimum atomic E-state index is -0.465. The highest BCUT2D eigenvalue weighted by Crippen LogP contribution is 2.40. The molecule has 1 aromatic heterocycles. The molecule has 0 amide bonds. The largest absolute Gasteiger partial charge is 0.359 e. The zero-order valence-electron chi connectivity index (χ0n) is 11.8. The minimum Gasteiger partial charge on any atom is -0.359 e. The molecule has 0 unspecified atom stereocenters. The number of hydrogen-bond acceptors (Lipinski definition) is 2. The van der Waals surface area contributed by atoms with Crippen molar-refractivity contribution in [2.45, 2.75) is 13.1 Å². The van der Waals surface area contributed by atoms with E-state index in [-0.39, 0.29) is 5.82 Å². The van der Waals surface area contributed by atoms with Crippen LogP contribution in [0.5, 0.6) is 0 Å². The maximum atomic E-state index is 14.3. The number of nitrogens with zero attached hydrogens (tertiary/aromatic N) is 2. The van der Waals surface area contributed by atoms with E-state index in [1.54, 1.807) is 16.8 Å². The second-order valence-corrected chi connectivity index (χ2v) is 5.75. The highest BCUT2D eigenvalue weighted by Gasteiger charge is 2.29. The Morgan fingerprint density at radius 1 is 1.18 bits per heavy atom. The molecule has 3 aromatic rings. The summed E-state index contributed by atoms with van der Waals surface area (Å²) in [5.74, 6) is -0.344. The summed E-state index contributed by atoms with van der Waals surface area (Å²) in [5, 5.41) is 8.24. The van der Waals surface area contributed by atoms with Gasteiger partial charge in [0.1, 0.15) is 5.82 Å². The molecule has 22 heavy (non-hydrogen) atoms. The highest BCUT2D eigenvalue weighted by molar-refractivity contribution is 6.31. The zero-order chi connectivity index (χ0) is 15.3. The first-order valence-electron chi connectivity index (χ1n) is 7.01. The van der Waals surface area contributed by atoms with Gasteiger partial charge in [0.2, 0.25) is 0 Å². The average molecular weight is 314 g/mol. The van der Waals surface area contributed by atoms with E-state index < -0.39 is 6.17 Å². The first-order chi connectivity index (χ1) is 10.6. The topological polar surface area (TPSA) is 29.9 Å². The van der Waals surface area contributed by atoms with Gasteiger partial charge in [-0.05, 0) is 31.2 Å². The highest BCUT2D eigenvalue weighted by atomic mass is 35.5. The molecular weight excluding hydrogens is 301 g/mol. The molecule has 0 fully saturated rings.